The van der Waals surface area contributed by atoms with E-state index >= 15 is 0 Å². The SMILES string of the molecule is CCOC(=O)/C(F)=C(/c1ccco1)C(F)(F)F. The Morgan fingerprint density at radius 2 is 2.12 bits per heavy atom. The molecule has 0 aliphatic rings. The minimum Gasteiger partial charge on any atom is -0.464 e. The number of hydrogen-bond donors (Lipinski definition) is 0. The predicted octanol–water partition coefficient (Wildman–Crippen LogP) is 3.09. The Balaban J connectivity index is 3.24. The highest BCUT2D eigenvalue weighted by molar-refractivity contribution is 5.95. The van der Waals surface area contributed by atoms with Crippen molar-refractivity contribution in [2.24, 2.45) is 0 Å². The van der Waals surface area contributed by atoms with E-state index in [4.69, 9.17) is 0 Å². The molecule has 0 atom stereocenters. The molecule has 0 fully saturated rings. The van der Waals surface area contributed by atoms with Gasteiger partial charge in [-0.3, -0.25) is 0 Å². The number of halogens is 4. The number of allylic oxidation sites excluding steroid dienone is 1. The molecule has 3 nitrogen and oxygen atoms in total. The molecule has 0 aromatic carbocycles. The summed E-state index contributed by atoms with van der Waals surface area (Å²) in [4.78, 5) is 10.9. The van der Waals surface area contributed by atoms with Crippen molar-refractivity contribution in [3.05, 3.63) is 30.0 Å². The molecule has 1 aromatic rings. The summed E-state index contributed by atoms with van der Waals surface area (Å²) in [6.45, 7) is 1.13. The summed E-state index contributed by atoms with van der Waals surface area (Å²) >= 11 is 0. The molecule has 17 heavy (non-hydrogen) atoms. The van der Waals surface area contributed by atoms with Crippen LogP contribution in [-0.2, 0) is 9.53 Å². The van der Waals surface area contributed by atoms with Gasteiger partial charge in [0.2, 0.25) is 5.83 Å². The van der Waals surface area contributed by atoms with E-state index in [1.165, 1.54) is 6.92 Å². The Hall–Kier alpha value is -1.79. The van der Waals surface area contributed by atoms with Crippen LogP contribution in [0.3, 0.4) is 0 Å². The van der Waals surface area contributed by atoms with Crippen LogP contribution in [0.5, 0.6) is 0 Å². The van der Waals surface area contributed by atoms with Gasteiger partial charge in [-0.25, -0.2) is 4.79 Å². The third-order valence-corrected chi connectivity index (χ3v) is 1.73. The monoisotopic (exact) mass is 252 g/mol. The van der Waals surface area contributed by atoms with Crippen molar-refractivity contribution in [1.29, 1.82) is 0 Å². The first-order valence-corrected chi connectivity index (χ1v) is 4.56. The van der Waals surface area contributed by atoms with Gasteiger partial charge in [-0.1, -0.05) is 0 Å². The highest BCUT2D eigenvalue weighted by Crippen LogP contribution is 2.37. The van der Waals surface area contributed by atoms with Crippen molar-refractivity contribution in [2.45, 2.75) is 13.1 Å². The Kier molecular flexibility index (Phi) is 3.93. The standard InChI is InChI=1S/C10H8F4O3/c1-2-16-9(15)8(11)7(10(12,13)14)6-4-3-5-17-6/h3-5H,2H2,1H3/b8-7+. The Labute approximate surface area is 93.7 Å². The Morgan fingerprint density at radius 1 is 1.47 bits per heavy atom. The summed E-state index contributed by atoms with van der Waals surface area (Å²) in [5.74, 6) is -4.46. The molecule has 0 aliphatic heterocycles. The summed E-state index contributed by atoms with van der Waals surface area (Å²) in [7, 11) is 0. The maximum atomic E-state index is 13.3. The van der Waals surface area contributed by atoms with E-state index in [2.05, 4.69) is 9.15 Å². The van der Waals surface area contributed by atoms with Crippen LogP contribution < -0.4 is 0 Å². The van der Waals surface area contributed by atoms with Crippen molar-refractivity contribution in [2.75, 3.05) is 6.61 Å². The lowest BCUT2D eigenvalue weighted by molar-refractivity contribution is -0.140. The first-order chi connectivity index (χ1) is 7.88. The molecule has 0 unspecified atom stereocenters. The normalized spacial score (nSPS) is 13.2. The Morgan fingerprint density at radius 3 is 2.53 bits per heavy atom. The van der Waals surface area contributed by atoms with Crippen molar-refractivity contribution in [1.82, 2.24) is 0 Å². The molecule has 0 aliphatic carbocycles. The lowest BCUT2D eigenvalue weighted by atomic mass is 10.1. The van der Waals surface area contributed by atoms with Crippen molar-refractivity contribution in [3.63, 3.8) is 0 Å². The predicted molar refractivity (Wildman–Crippen MR) is 49.4 cm³/mol. The Bertz CT molecular complexity index is 417. The summed E-state index contributed by atoms with van der Waals surface area (Å²) < 4.78 is 59.6. The lowest BCUT2D eigenvalue weighted by Crippen LogP contribution is -2.16. The largest absolute Gasteiger partial charge is 0.464 e. The van der Waals surface area contributed by atoms with Gasteiger partial charge in [0.05, 0.1) is 12.9 Å². The zero-order valence-corrected chi connectivity index (χ0v) is 8.68. The van der Waals surface area contributed by atoms with E-state index in [1.807, 2.05) is 0 Å². The first kappa shape index (κ1) is 13.3. The molecule has 7 heteroatoms. The number of esters is 1. The smallest absolute Gasteiger partial charge is 0.423 e. The number of rotatable bonds is 3. The van der Waals surface area contributed by atoms with Crippen LogP contribution in [0, 0.1) is 0 Å². The van der Waals surface area contributed by atoms with E-state index in [-0.39, 0.29) is 6.61 Å². The van der Waals surface area contributed by atoms with Crippen molar-refractivity contribution < 1.29 is 31.5 Å². The van der Waals surface area contributed by atoms with Crippen molar-refractivity contribution >= 4 is 11.5 Å². The van der Waals surface area contributed by atoms with E-state index in [1.54, 1.807) is 0 Å². The van der Waals surface area contributed by atoms with Gasteiger partial charge in [-0.05, 0) is 19.1 Å². The molecule has 0 spiro atoms. The third kappa shape index (κ3) is 3.08. The van der Waals surface area contributed by atoms with E-state index in [0.29, 0.717) is 0 Å². The second-order valence-electron chi connectivity index (χ2n) is 2.88. The molecule has 1 heterocycles. The van der Waals surface area contributed by atoms with Crippen LogP contribution in [0.25, 0.3) is 5.57 Å². The summed E-state index contributed by atoms with van der Waals surface area (Å²) in [5, 5.41) is 0. The van der Waals surface area contributed by atoms with Gasteiger partial charge in [-0.2, -0.15) is 17.6 Å². The van der Waals surface area contributed by atoms with Gasteiger partial charge in [0.15, 0.2) is 0 Å². The molecule has 0 N–H and O–H groups in total. The highest BCUT2D eigenvalue weighted by Gasteiger charge is 2.42. The summed E-state index contributed by atoms with van der Waals surface area (Å²) in [6.07, 6.45) is -4.10. The molecular formula is C10H8F4O3. The first-order valence-electron chi connectivity index (χ1n) is 4.56. The zero-order valence-electron chi connectivity index (χ0n) is 8.68. The molecule has 1 rings (SSSR count). The number of carbonyl (C=O) groups excluding carboxylic acids is 1. The van der Waals surface area contributed by atoms with E-state index in [0.717, 1.165) is 18.4 Å². The fourth-order valence-corrected chi connectivity index (χ4v) is 1.09. The summed E-state index contributed by atoms with van der Waals surface area (Å²) in [6, 6.07) is 2.06. The number of alkyl halides is 3. The van der Waals surface area contributed by atoms with E-state index < -0.39 is 29.3 Å². The van der Waals surface area contributed by atoms with Crippen LogP contribution in [0.15, 0.2) is 28.6 Å². The van der Waals surface area contributed by atoms with Crippen LogP contribution >= 0.6 is 0 Å². The second-order valence-corrected chi connectivity index (χ2v) is 2.88. The third-order valence-electron chi connectivity index (χ3n) is 1.73. The summed E-state index contributed by atoms with van der Waals surface area (Å²) in [5.41, 5.74) is -1.78. The molecule has 0 amide bonds. The van der Waals surface area contributed by atoms with Gasteiger partial charge in [-0.15, -0.1) is 0 Å². The molecule has 0 saturated heterocycles. The van der Waals surface area contributed by atoms with Gasteiger partial charge in [0.25, 0.3) is 0 Å². The molecule has 0 saturated carbocycles. The van der Waals surface area contributed by atoms with Gasteiger partial charge >= 0.3 is 12.1 Å². The number of carbonyl (C=O) groups is 1. The number of ether oxygens (including phenoxy) is 1. The van der Waals surface area contributed by atoms with Crippen LogP contribution in [-0.4, -0.2) is 18.8 Å². The van der Waals surface area contributed by atoms with Gasteiger partial charge < -0.3 is 9.15 Å². The van der Waals surface area contributed by atoms with Crippen LogP contribution in [0.2, 0.25) is 0 Å². The maximum Gasteiger partial charge on any atom is 0.423 e. The van der Waals surface area contributed by atoms with E-state index in [9.17, 15) is 22.4 Å². The minimum absolute atomic E-state index is 0.227. The van der Waals surface area contributed by atoms with Crippen molar-refractivity contribution in [3.8, 4) is 0 Å². The lowest BCUT2D eigenvalue weighted by Gasteiger charge is -2.10. The topological polar surface area (TPSA) is 39.4 Å². The van der Waals surface area contributed by atoms with Crippen LogP contribution in [0.4, 0.5) is 17.6 Å². The number of hydrogen-bond acceptors (Lipinski definition) is 3. The average Bonchev–Trinajstić information content (AvgIpc) is 2.69. The number of furan rings is 1. The second kappa shape index (κ2) is 5.03. The van der Waals surface area contributed by atoms with Crippen LogP contribution in [0.1, 0.15) is 12.7 Å². The highest BCUT2D eigenvalue weighted by atomic mass is 19.4. The molecule has 0 radical (unpaired) electrons. The zero-order chi connectivity index (χ0) is 13.1. The average molecular weight is 252 g/mol. The fourth-order valence-electron chi connectivity index (χ4n) is 1.09. The molecule has 94 valence electrons. The minimum atomic E-state index is -5.05. The quantitative estimate of drug-likeness (QED) is 0.471. The van der Waals surface area contributed by atoms with Gasteiger partial charge in [0.1, 0.15) is 11.3 Å². The molecular weight excluding hydrogens is 244 g/mol. The van der Waals surface area contributed by atoms with Gasteiger partial charge in [0, 0.05) is 0 Å². The maximum absolute atomic E-state index is 13.3. The molecule has 0 bridgehead atoms. The molecule has 1 aromatic heterocycles. The fraction of sp³-hybridized carbons (Fsp3) is 0.300.